The normalized spacial score (nSPS) is 19.5. The maximum absolute atomic E-state index is 12.4. The van der Waals surface area contributed by atoms with Crippen molar-refractivity contribution < 1.29 is 27.9 Å². The number of aliphatic carboxylic acids is 1. The fourth-order valence-corrected chi connectivity index (χ4v) is 4.49. The fourth-order valence-electron chi connectivity index (χ4n) is 3.55. The van der Waals surface area contributed by atoms with Gasteiger partial charge in [-0.25, -0.2) is 8.42 Å². The minimum Gasteiger partial charge on any atom is -0.486 e. The molecule has 8 nitrogen and oxygen atoms in total. The highest BCUT2D eigenvalue weighted by molar-refractivity contribution is 7.92. The Labute approximate surface area is 172 Å². The zero-order chi connectivity index (χ0) is 21.6. The summed E-state index contributed by atoms with van der Waals surface area (Å²) < 4.78 is 31.4. The van der Waals surface area contributed by atoms with E-state index in [1.165, 1.54) is 4.31 Å². The van der Waals surface area contributed by atoms with Crippen LogP contribution in [0.5, 0.6) is 5.75 Å². The average molecular weight is 427 g/mol. The summed E-state index contributed by atoms with van der Waals surface area (Å²) in [5.41, 5.74) is 0.512. The molecular formula is C20H30N2O6S. The molecule has 3 rings (SSSR count). The van der Waals surface area contributed by atoms with Crippen molar-refractivity contribution in [2.24, 2.45) is 5.92 Å². The first-order valence-corrected chi connectivity index (χ1v) is 11.8. The Balaban J connectivity index is 0.00000145. The molecule has 2 heterocycles. The molecule has 0 saturated carbocycles. The summed E-state index contributed by atoms with van der Waals surface area (Å²) in [4.78, 5) is 25.1. The average Bonchev–Trinajstić information content (AvgIpc) is 2.72. The third kappa shape index (κ3) is 5.85. The number of amides is 1. The second-order valence-electron chi connectivity index (χ2n) is 7.03. The smallest absolute Gasteiger partial charge is 0.306 e. The molecule has 1 N–H and O–H groups in total. The summed E-state index contributed by atoms with van der Waals surface area (Å²) in [5.74, 6) is -0.742. The lowest BCUT2D eigenvalue weighted by Crippen LogP contribution is -2.44. The predicted octanol–water partition coefficient (Wildman–Crippen LogP) is 2.34. The molecule has 0 bridgehead atoms. The van der Waals surface area contributed by atoms with E-state index in [9.17, 15) is 18.0 Å². The van der Waals surface area contributed by atoms with E-state index in [-0.39, 0.29) is 24.8 Å². The number of anilines is 1. The number of carboxylic acid groups (broad SMARTS) is 1. The minimum atomic E-state index is -3.44. The number of rotatable bonds is 5. The van der Waals surface area contributed by atoms with E-state index in [0.29, 0.717) is 43.8 Å². The van der Waals surface area contributed by atoms with E-state index in [1.54, 1.807) is 29.2 Å². The maximum atomic E-state index is 12.4. The van der Waals surface area contributed by atoms with Gasteiger partial charge in [-0.05, 0) is 31.4 Å². The summed E-state index contributed by atoms with van der Waals surface area (Å²) >= 11 is 0. The van der Waals surface area contributed by atoms with Crippen molar-refractivity contribution in [3.8, 4) is 5.75 Å². The van der Waals surface area contributed by atoms with Crippen LogP contribution in [0.25, 0.3) is 0 Å². The Kier molecular flexibility index (Phi) is 7.89. The summed E-state index contributed by atoms with van der Waals surface area (Å²) in [5, 5.41) is 9.03. The molecule has 1 aromatic carbocycles. The fraction of sp³-hybridized carbons (Fsp3) is 0.600. The zero-order valence-electron chi connectivity index (χ0n) is 17.2. The van der Waals surface area contributed by atoms with Gasteiger partial charge in [-0.1, -0.05) is 26.0 Å². The number of likely N-dealkylation sites (tertiary alicyclic amines) is 1. The van der Waals surface area contributed by atoms with Gasteiger partial charge in [-0.3, -0.25) is 13.9 Å². The van der Waals surface area contributed by atoms with Crippen LogP contribution in [-0.4, -0.2) is 62.3 Å². The van der Waals surface area contributed by atoms with E-state index < -0.39 is 22.1 Å². The van der Waals surface area contributed by atoms with Crippen LogP contribution < -0.4 is 9.04 Å². The third-order valence-electron chi connectivity index (χ3n) is 5.07. The second kappa shape index (κ2) is 9.96. The summed E-state index contributed by atoms with van der Waals surface area (Å²) in [6.45, 7) is 5.06. The molecule has 1 saturated heterocycles. The van der Waals surface area contributed by atoms with Gasteiger partial charge in [-0.2, -0.15) is 0 Å². The molecule has 0 aliphatic carbocycles. The lowest BCUT2D eigenvalue weighted by molar-refractivity contribution is -0.145. The topological polar surface area (TPSA) is 104 Å². The van der Waals surface area contributed by atoms with E-state index >= 15 is 0 Å². The van der Waals surface area contributed by atoms with Crippen LogP contribution in [0.15, 0.2) is 24.3 Å². The van der Waals surface area contributed by atoms with Crippen LogP contribution in [0.4, 0.5) is 5.69 Å². The Hall–Kier alpha value is -2.29. The number of sulfonamides is 1. The van der Waals surface area contributed by atoms with Crippen LogP contribution in [0.2, 0.25) is 0 Å². The van der Waals surface area contributed by atoms with Crippen molar-refractivity contribution in [3.63, 3.8) is 0 Å². The molecule has 1 aromatic rings. The molecule has 162 valence electrons. The predicted molar refractivity (Wildman–Crippen MR) is 111 cm³/mol. The molecule has 29 heavy (non-hydrogen) atoms. The monoisotopic (exact) mass is 426 g/mol. The minimum absolute atomic E-state index is 0.0489. The lowest BCUT2D eigenvalue weighted by atomic mass is 9.97. The van der Waals surface area contributed by atoms with Gasteiger partial charge in [-0.15, -0.1) is 0 Å². The molecule has 0 aromatic heterocycles. The molecule has 2 aliphatic heterocycles. The van der Waals surface area contributed by atoms with Gasteiger partial charge in [0.15, 0.2) is 0 Å². The Bertz CT molecular complexity index is 818. The van der Waals surface area contributed by atoms with E-state index in [4.69, 9.17) is 9.84 Å². The highest BCUT2D eigenvalue weighted by Crippen LogP contribution is 2.35. The largest absolute Gasteiger partial charge is 0.486 e. The van der Waals surface area contributed by atoms with Gasteiger partial charge in [0.1, 0.15) is 11.9 Å². The van der Waals surface area contributed by atoms with E-state index in [0.717, 1.165) is 6.26 Å². The summed E-state index contributed by atoms with van der Waals surface area (Å²) in [6, 6.07) is 6.95. The number of hydrogen-bond donors (Lipinski definition) is 1. The molecule has 1 fully saturated rings. The van der Waals surface area contributed by atoms with E-state index in [1.807, 2.05) is 13.8 Å². The highest BCUT2D eigenvalue weighted by atomic mass is 32.2. The number of hydrogen-bond acceptors (Lipinski definition) is 5. The number of nitrogens with zero attached hydrogens (tertiary/aromatic N) is 2. The van der Waals surface area contributed by atoms with Gasteiger partial charge in [0, 0.05) is 19.5 Å². The molecule has 1 atom stereocenters. The standard InChI is InChI=1S/C18H24N2O6S.C2H6/c1-27(24,25)20-12-14(26-16-5-3-2-4-15(16)20)6-7-17(21)19-10-8-13(9-11-19)18(22)23;1-2/h2-5,13-14H,6-12H2,1H3,(H,22,23);1-2H3. The van der Waals surface area contributed by atoms with Gasteiger partial charge in [0.05, 0.1) is 24.4 Å². The highest BCUT2D eigenvalue weighted by Gasteiger charge is 2.32. The van der Waals surface area contributed by atoms with Crippen LogP contribution in [0.1, 0.15) is 39.5 Å². The number of para-hydroxylation sites is 2. The van der Waals surface area contributed by atoms with Gasteiger partial charge >= 0.3 is 5.97 Å². The second-order valence-corrected chi connectivity index (χ2v) is 8.94. The number of benzene rings is 1. The van der Waals surface area contributed by atoms with Crippen LogP contribution in [0, 0.1) is 5.92 Å². The Morgan fingerprint density at radius 2 is 1.79 bits per heavy atom. The van der Waals surface area contributed by atoms with Gasteiger partial charge in [0.2, 0.25) is 15.9 Å². The van der Waals surface area contributed by atoms with Crippen molar-refractivity contribution in [2.45, 2.75) is 45.6 Å². The van der Waals surface area contributed by atoms with Crippen molar-refractivity contribution in [3.05, 3.63) is 24.3 Å². The first kappa shape index (κ1) is 23.0. The van der Waals surface area contributed by atoms with Gasteiger partial charge < -0.3 is 14.7 Å². The maximum Gasteiger partial charge on any atom is 0.306 e. The van der Waals surface area contributed by atoms with Crippen molar-refractivity contribution >= 4 is 27.6 Å². The van der Waals surface area contributed by atoms with Crippen molar-refractivity contribution in [2.75, 3.05) is 30.2 Å². The molecule has 9 heteroatoms. The summed E-state index contributed by atoms with van der Waals surface area (Å²) in [6.07, 6.45) is 2.33. The number of carbonyl (C=O) groups excluding carboxylic acids is 1. The van der Waals surface area contributed by atoms with Crippen molar-refractivity contribution in [1.82, 2.24) is 4.90 Å². The first-order valence-electron chi connectivity index (χ1n) is 9.99. The third-order valence-corrected chi connectivity index (χ3v) is 6.22. The number of carbonyl (C=O) groups is 2. The van der Waals surface area contributed by atoms with Crippen LogP contribution in [0.3, 0.4) is 0 Å². The number of carboxylic acids is 1. The quantitative estimate of drug-likeness (QED) is 0.775. The molecular weight excluding hydrogens is 396 g/mol. The summed E-state index contributed by atoms with van der Waals surface area (Å²) in [7, 11) is -3.44. The van der Waals surface area contributed by atoms with Crippen LogP contribution >= 0.6 is 0 Å². The molecule has 1 unspecified atom stereocenters. The molecule has 0 spiro atoms. The molecule has 2 aliphatic rings. The van der Waals surface area contributed by atoms with Crippen molar-refractivity contribution in [1.29, 1.82) is 0 Å². The van der Waals surface area contributed by atoms with Gasteiger partial charge in [0.25, 0.3) is 0 Å². The lowest BCUT2D eigenvalue weighted by Gasteiger charge is -2.35. The Morgan fingerprint density at radius 3 is 2.38 bits per heavy atom. The number of fused-ring (bicyclic) bond motifs is 1. The first-order chi connectivity index (χ1) is 13.8. The number of ether oxygens (including phenoxy) is 1. The van der Waals surface area contributed by atoms with E-state index in [2.05, 4.69) is 0 Å². The number of piperidine rings is 1. The SMILES string of the molecule is CC.CS(=O)(=O)N1CC(CCC(=O)N2CCC(C(=O)O)CC2)Oc2ccccc21. The Morgan fingerprint density at radius 1 is 1.17 bits per heavy atom. The molecule has 1 amide bonds. The molecule has 0 radical (unpaired) electrons. The van der Waals surface area contributed by atoms with Crippen LogP contribution in [-0.2, 0) is 19.6 Å². The zero-order valence-corrected chi connectivity index (χ0v) is 18.0.